The van der Waals surface area contributed by atoms with Crippen LogP contribution in [0.3, 0.4) is 0 Å². The molecule has 0 atom stereocenters. The number of nitrogens with zero attached hydrogens (tertiary/aromatic N) is 2. The molecule has 10 heteroatoms. The Labute approximate surface area is 194 Å². The van der Waals surface area contributed by atoms with Crippen LogP contribution in [-0.4, -0.2) is 43.1 Å². The SMILES string of the molecule is COc1ccc(-c2ccc(=O)n(CCNC(=O)COc3cccc(Cl)c3Cl)n2)cc1OC. The molecule has 3 aromatic rings. The van der Waals surface area contributed by atoms with E-state index in [0.29, 0.717) is 28.0 Å². The van der Waals surface area contributed by atoms with Gasteiger partial charge in [-0.05, 0) is 36.4 Å². The maximum absolute atomic E-state index is 12.2. The molecule has 0 aliphatic rings. The predicted molar refractivity (Wildman–Crippen MR) is 122 cm³/mol. The predicted octanol–water partition coefficient (Wildman–Crippen LogP) is 3.43. The summed E-state index contributed by atoms with van der Waals surface area (Å²) in [7, 11) is 3.10. The first-order chi connectivity index (χ1) is 15.4. The Morgan fingerprint density at radius 1 is 1.03 bits per heavy atom. The van der Waals surface area contributed by atoms with Gasteiger partial charge in [0, 0.05) is 18.2 Å². The molecule has 1 heterocycles. The van der Waals surface area contributed by atoms with Crippen molar-refractivity contribution in [3.05, 3.63) is 68.9 Å². The fourth-order valence-electron chi connectivity index (χ4n) is 2.85. The monoisotopic (exact) mass is 477 g/mol. The van der Waals surface area contributed by atoms with E-state index in [1.165, 1.54) is 10.7 Å². The first-order valence-corrected chi connectivity index (χ1v) is 10.3. The van der Waals surface area contributed by atoms with Crippen LogP contribution in [0, 0.1) is 0 Å². The van der Waals surface area contributed by atoms with Crippen molar-refractivity contribution in [1.29, 1.82) is 0 Å². The maximum atomic E-state index is 12.2. The van der Waals surface area contributed by atoms with Gasteiger partial charge in [-0.25, -0.2) is 4.68 Å². The molecule has 0 spiro atoms. The van der Waals surface area contributed by atoms with E-state index in [1.807, 2.05) is 6.07 Å². The van der Waals surface area contributed by atoms with Crippen molar-refractivity contribution in [2.75, 3.05) is 27.4 Å². The number of nitrogens with one attached hydrogen (secondary N) is 1. The quantitative estimate of drug-likeness (QED) is 0.507. The molecule has 3 rings (SSSR count). The van der Waals surface area contributed by atoms with Crippen molar-refractivity contribution in [3.63, 3.8) is 0 Å². The summed E-state index contributed by atoms with van der Waals surface area (Å²) in [6.07, 6.45) is 0. The number of methoxy groups -OCH3 is 2. The van der Waals surface area contributed by atoms with Crippen LogP contribution in [0.15, 0.2) is 53.3 Å². The molecule has 32 heavy (non-hydrogen) atoms. The highest BCUT2D eigenvalue weighted by atomic mass is 35.5. The summed E-state index contributed by atoms with van der Waals surface area (Å²) in [5.74, 6) is 1.09. The molecule has 0 saturated carbocycles. The van der Waals surface area contributed by atoms with Crippen LogP contribution in [0.5, 0.6) is 17.2 Å². The zero-order valence-electron chi connectivity index (χ0n) is 17.4. The largest absolute Gasteiger partial charge is 0.493 e. The molecule has 0 saturated heterocycles. The molecule has 0 unspecified atom stereocenters. The lowest BCUT2D eigenvalue weighted by molar-refractivity contribution is -0.123. The fourth-order valence-corrected chi connectivity index (χ4v) is 3.20. The molecular weight excluding hydrogens is 457 g/mol. The molecule has 8 nitrogen and oxygen atoms in total. The van der Waals surface area contributed by atoms with Crippen molar-refractivity contribution in [1.82, 2.24) is 15.1 Å². The van der Waals surface area contributed by atoms with E-state index >= 15 is 0 Å². The van der Waals surface area contributed by atoms with E-state index in [-0.39, 0.29) is 36.2 Å². The van der Waals surface area contributed by atoms with Gasteiger partial charge in [0.15, 0.2) is 18.1 Å². The lowest BCUT2D eigenvalue weighted by Crippen LogP contribution is -2.34. The smallest absolute Gasteiger partial charge is 0.266 e. The summed E-state index contributed by atoms with van der Waals surface area (Å²) in [6, 6.07) is 13.3. The van der Waals surface area contributed by atoms with Crippen LogP contribution in [0.2, 0.25) is 10.0 Å². The number of rotatable bonds is 9. The minimum atomic E-state index is -0.370. The maximum Gasteiger partial charge on any atom is 0.266 e. The topological polar surface area (TPSA) is 91.7 Å². The van der Waals surface area contributed by atoms with E-state index in [9.17, 15) is 9.59 Å². The molecule has 1 N–H and O–H groups in total. The lowest BCUT2D eigenvalue weighted by Gasteiger charge is -2.11. The number of halogens is 2. The van der Waals surface area contributed by atoms with Crippen LogP contribution in [0.4, 0.5) is 0 Å². The Hall–Kier alpha value is -3.23. The summed E-state index contributed by atoms with van der Waals surface area (Å²) >= 11 is 11.9. The van der Waals surface area contributed by atoms with E-state index in [0.717, 1.165) is 5.56 Å². The second-order valence-electron chi connectivity index (χ2n) is 6.54. The molecule has 168 valence electrons. The first kappa shape index (κ1) is 23.4. The number of hydrogen-bond acceptors (Lipinski definition) is 6. The summed E-state index contributed by atoms with van der Waals surface area (Å²) in [4.78, 5) is 24.2. The standard InChI is InChI=1S/C22H21Cl2N3O5/c1-30-17-8-6-14(12-19(17)31-2)16-7-9-21(29)27(26-16)11-10-25-20(28)13-32-18-5-3-4-15(23)22(18)24/h3-9,12H,10-11,13H2,1-2H3,(H,25,28). The van der Waals surface area contributed by atoms with Gasteiger partial charge in [0.25, 0.3) is 11.5 Å². The highest BCUT2D eigenvalue weighted by Gasteiger charge is 2.10. The molecule has 0 aliphatic heterocycles. The lowest BCUT2D eigenvalue weighted by atomic mass is 10.1. The molecule has 2 aromatic carbocycles. The molecule has 0 radical (unpaired) electrons. The third-order valence-corrected chi connectivity index (χ3v) is 5.27. The average Bonchev–Trinajstić information content (AvgIpc) is 2.80. The molecule has 0 bridgehead atoms. The average molecular weight is 478 g/mol. The number of ether oxygens (including phenoxy) is 3. The van der Waals surface area contributed by atoms with Crippen LogP contribution < -0.4 is 25.1 Å². The number of hydrogen-bond donors (Lipinski definition) is 1. The second-order valence-corrected chi connectivity index (χ2v) is 7.33. The summed E-state index contributed by atoms with van der Waals surface area (Å²) in [5.41, 5.74) is 1.05. The zero-order valence-corrected chi connectivity index (χ0v) is 18.9. The minimum Gasteiger partial charge on any atom is -0.493 e. The second kappa shape index (κ2) is 10.9. The van der Waals surface area contributed by atoms with E-state index in [4.69, 9.17) is 37.4 Å². The van der Waals surface area contributed by atoms with Crippen molar-refractivity contribution >= 4 is 29.1 Å². The highest BCUT2D eigenvalue weighted by Crippen LogP contribution is 2.32. The van der Waals surface area contributed by atoms with Gasteiger partial charge in [-0.1, -0.05) is 29.3 Å². The molecule has 0 fully saturated rings. The Balaban J connectivity index is 1.60. The van der Waals surface area contributed by atoms with Gasteiger partial charge < -0.3 is 19.5 Å². The molecule has 1 aromatic heterocycles. The zero-order chi connectivity index (χ0) is 23.1. The number of aromatic nitrogens is 2. The number of amides is 1. The number of carbonyl (C=O) groups excluding carboxylic acids is 1. The van der Waals surface area contributed by atoms with Gasteiger partial charge in [-0.2, -0.15) is 5.10 Å². The Morgan fingerprint density at radius 3 is 2.56 bits per heavy atom. The van der Waals surface area contributed by atoms with Gasteiger partial charge in [0.05, 0.1) is 31.5 Å². The molecular formula is C22H21Cl2N3O5. The van der Waals surface area contributed by atoms with Crippen LogP contribution in [0.1, 0.15) is 0 Å². The highest BCUT2D eigenvalue weighted by molar-refractivity contribution is 6.42. The summed E-state index contributed by atoms with van der Waals surface area (Å²) in [5, 5.41) is 7.64. The van der Waals surface area contributed by atoms with Crippen LogP contribution >= 0.6 is 23.2 Å². The van der Waals surface area contributed by atoms with Gasteiger partial charge in [-0.3, -0.25) is 9.59 Å². The van der Waals surface area contributed by atoms with Crippen molar-refractivity contribution in [2.24, 2.45) is 0 Å². The van der Waals surface area contributed by atoms with Gasteiger partial charge in [0.2, 0.25) is 0 Å². The Kier molecular flexibility index (Phi) is 7.97. The first-order valence-electron chi connectivity index (χ1n) is 9.57. The van der Waals surface area contributed by atoms with Crippen molar-refractivity contribution in [2.45, 2.75) is 6.54 Å². The number of benzene rings is 2. The fraction of sp³-hybridized carbons (Fsp3) is 0.227. The van der Waals surface area contributed by atoms with Crippen LogP contribution in [-0.2, 0) is 11.3 Å². The third-order valence-electron chi connectivity index (χ3n) is 4.47. The van der Waals surface area contributed by atoms with E-state index in [2.05, 4.69) is 10.4 Å². The molecule has 1 amide bonds. The minimum absolute atomic E-state index is 0.184. The van der Waals surface area contributed by atoms with Gasteiger partial charge in [0.1, 0.15) is 10.8 Å². The van der Waals surface area contributed by atoms with E-state index < -0.39 is 0 Å². The summed E-state index contributed by atoms with van der Waals surface area (Å²) < 4.78 is 17.2. The Morgan fingerprint density at radius 2 is 1.81 bits per heavy atom. The van der Waals surface area contributed by atoms with Crippen molar-refractivity contribution < 1.29 is 19.0 Å². The van der Waals surface area contributed by atoms with Gasteiger partial charge >= 0.3 is 0 Å². The Bertz CT molecular complexity index is 1170. The van der Waals surface area contributed by atoms with Crippen molar-refractivity contribution in [3.8, 4) is 28.5 Å². The van der Waals surface area contributed by atoms with Crippen LogP contribution in [0.25, 0.3) is 11.3 Å². The summed E-state index contributed by atoms with van der Waals surface area (Å²) in [6.45, 7) is 0.130. The van der Waals surface area contributed by atoms with Gasteiger partial charge in [-0.15, -0.1) is 0 Å². The molecule has 0 aliphatic carbocycles. The third kappa shape index (κ3) is 5.72. The van der Waals surface area contributed by atoms with E-state index in [1.54, 1.807) is 50.6 Å². The number of carbonyl (C=O) groups is 1. The normalized spacial score (nSPS) is 10.5.